The van der Waals surface area contributed by atoms with Crippen LogP contribution in [0.15, 0.2) is 36.5 Å². The summed E-state index contributed by atoms with van der Waals surface area (Å²) in [4.78, 5) is 32.8. The molecule has 0 saturated heterocycles. The number of hydrogen-bond acceptors (Lipinski definition) is 8. The molecule has 0 radical (unpaired) electrons. The lowest BCUT2D eigenvalue weighted by Gasteiger charge is -2.13. The number of nitrogens with two attached hydrogens (primary N) is 1. The van der Waals surface area contributed by atoms with Crippen molar-refractivity contribution in [2.45, 2.75) is 13.0 Å². The Morgan fingerprint density at radius 3 is 2.52 bits per heavy atom. The zero-order valence-electron chi connectivity index (χ0n) is 16.7. The molecule has 31 heavy (non-hydrogen) atoms. The first kappa shape index (κ1) is 22.2. The number of amides is 1. The molecule has 1 atom stereocenters. The highest BCUT2D eigenvalue weighted by atomic mass is 32.1. The Bertz CT molecular complexity index is 1080. The van der Waals surface area contributed by atoms with Crippen LogP contribution in [-0.4, -0.2) is 41.3 Å². The van der Waals surface area contributed by atoms with E-state index in [1.165, 1.54) is 12.3 Å². The van der Waals surface area contributed by atoms with Gasteiger partial charge in [-0.3, -0.25) is 9.59 Å². The summed E-state index contributed by atoms with van der Waals surface area (Å²) in [7, 11) is 1.79. The number of benzene rings is 1. The van der Waals surface area contributed by atoms with E-state index in [4.69, 9.17) is 5.73 Å². The number of pyridine rings is 1. The number of ketones is 1. The summed E-state index contributed by atoms with van der Waals surface area (Å²) in [5.74, 6) is -2.92. The molecule has 162 valence electrons. The number of nitrogen functional groups attached to an aromatic ring is 1. The minimum atomic E-state index is -0.980. The molecule has 0 unspecified atom stereocenters. The Morgan fingerprint density at radius 2 is 1.90 bits per heavy atom. The molecule has 11 heteroatoms. The fourth-order valence-electron chi connectivity index (χ4n) is 2.75. The molecular weight excluding hydrogens is 426 g/mol. The Morgan fingerprint density at radius 1 is 1.19 bits per heavy atom. The van der Waals surface area contributed by atoms with Crippen LogP contribution in [0.2, 0.25) is 0 Å². The maximum Gasteiger partial charge on any atom is 0.253 e. The van der Waals surface area contributed by atoms with E-state index in [9.17, 15) is 18.4 Å². The number of halogens is 2. The van der Waals surface area contributed by atoms with Crippen LogP contribution in [-0.2, 0) is 0 Å². The molecule has 0 bridgehead atoms. The number of carbonyl (C=O) groups is 2. The van der Waals surface area contributed by atoms with Gasteiger partial charge >= 0.3 is 0 Å². The summed E-state index contributed by atoms with van der Waals surface area (Å²) in [6.45, 7) is 2.50. The number of anilines is 3. The lowest BCUT2D eigenvalue weighted by molar-refractivity contribution is 0.0939. The second-order valence-corrected chi connectivity index (χ2v) is 7.65. The first-order chi connectivity index (χ1) is 14.8. The highest BCUT2D eigenvalue weighted by Gasteiger charge is 2.24. The van der Waals surface area contributed by atoms with Gasteiger partial charge in [0.15, 0.2) is 5.13 Å². The Kier molecular flexibility index (Phi) is 6.88. The monoisotopic (exact) mass is 446 g/mol. The molecule has 1 aromatic carbocycles. The van der Waals surface area contributed by atoms with Gasteiger partial charge in [0.05, 0.1) is 11.1 Å². The van der Waals surface area contributed by atoms with E-state index in [1.807, 2.05) is 6.92 Å². The van der Waals surface area contributed by atoms with E-state index in [-0.39, 0.29) is 27.8 Å². The van der Waals surface area contributed by atoms with E-state index < -0.39 is 23.0 Å². The number of thiazole rings is 1. The summed E-state index contributed by atoms with van der Waals surface area (Å²) in [5.41, 5.74) is 5.47. The predicted octanol–water partition coefficient (Wildman–Crippen LogP) is 2.71. The van der Waals surface area contributed by atoms with Gasteiger partial charge in [0.1, 0.15) is 28.1 Å². The zero-order chi connectivity index (χ0) is 22.5. The maximum absolute atomic E-state index is 13.9. The lowest BCUT2D eigenvalue weighted by atomic mass is 10.1. The van der Waals surface area contributed by atoms with Crippen LogP contribution in [0.4, 0.5) is 25.5 Å². The molecule has 8 nitrogen and oxygen atoms in total. The minimum Gasteiger partial charge on any atom is -0.382 e. The van der Waals surface area contributed by atoms with E-state index in [2.05, 4.69) is 25.9 Å². The van der Waals surface area contributed by atoms with Crippen molar-refractivity contribution in [3.05, 3.63) is 64.2 Å². The Balaban J connectivity index is 1.73. The van der Waals surface area contributed by atoms with Crippen molar-refractivity contribution >= 4 is 39.8 Å². The standard InChI is InChI=1S/C20H20F2N6O2S/c1-10(8-24-2)26-19(30)11-6-7-14(25-9-11)27-20-28-18(23)17(31-20)16(29)15-12(21)4-3-5-13(15)22/h3-7,9-10,24H,8,23H2,1-2H3,(H,26,30)(H,25,27,28)/t10-/m1/s1. The molecule has 0 aliphatic rings. The third kappa shape index (κ3) is 5.19. The fourth-order valence-corrected chi connectivity index (χ4v) is 3.59. The molecular formula is C20H20F2N6O2S. The third-order valence-corrected chi connectivity index (χ3v) is 5.18. The van der Waals surface area contributed by atoms with Crippen LogP contribution in [0.5, 0.6) is 0 Å². The minimum absolute atomic E-state index is 0.0520. The first-order valence-corrected chi connectivity index (χ1v) is 10.0. The summed E-state index contributed by atoms with van der Waals surface area (Å²) in [5, 5.41) is 8.87. The summed E-state index contributed by atoms with van der Waals surface area (Å²) >= 11 is 0.843. The molecule has 2 heterocycles. The smallest absolute Gasteiger partial charge is 0.253 e. The number of rotatable bonds is 8. The highest BCUT2D eigenvalue weighted by Crippen LogP contribution is 2.30. The lowest BCUT2D eigenvalue weighted by Crippen LogP contribution is -2.38. The van der Waals surface area contributed by atoms with E-state index in [1.54, 1.807) is 19.2 Å². The number of nitrogens with one attached hydrogen (secondary N) is 3. The number of hydrogen-bond donors (Lipinski definition) is 4. The highest BCUT2D eigenvalue weighted by molar-refractivity contribution is 7.18. The summed E-state index contributed by atoms with van der Waals surface area (Å²) in [6.07, 6.45) is 1.39. The molecule has 1 amide bonds. The second kappa shape index (κ2) is 9.58. The average molecular weight is 446 g/mol. The number of nitrogens with zero attached hydrogens (tertiary/aromatic N) is 2. The average Bonchev–Trinajstić information content (AvgIpc) is 3.08. The molecule has 0 spiro atoms. The van der Waals surface area contributed by atoms with E-state index in [0.29, 0.717) is 17.9 Å². The molecule has 0 aliphatic heterocycles. The molecule has 3 rings (SSSR count). The van der Waals surface area contributed by atoms with Crippen molar-refractivity contribution < 1.29 is 18.4 Å². The number of carbonyl (C=O) groups excluding carboxylic acids is 2. The molecule has 0 saturated carbocycles. The zero-order valence-corrected chi connectivity index (χ0v) is 17.5. The van der Waals surface area contributed by atoms with Gasteiger partial charge in [-0.15, -0.1) is 0 Å². The van der Waals surface area contributed by atoms with Gasteiger partial charge in [-0.2, -0.15) is 0 Å². The van der Waals surface area contributed by atoms with Crippen LogP contribution in [0.3, 0.4) is 0 Å². The second-order valence-electron chi connectivity index (χ2n) is 6.65. The van der Waals surface area contributed by atoms with Crippen LogP contribution in [0.1, 0.15) is 32.5 Å². The topological polar surface area (TPSA) is 122 Å². The molecule has 0 aliphatic carbocycles. The van der Waals surface area contributed by atoms with Gasteiger partial charge < -0.3 is 21.7 Å². The summed E-state index contributed by atoms with van der Waals surface area (Å²) < 4.78 is 27.8. The maximum atomic E-state index is 13.9. The van der Waals surface area contributed by atoms with Gasteiger partial charge in [-0.25, -0.2) is 18.7 Å². The van der Waals surface area contributed by atoms with E-state index >= 15 is 0 Å². The van der Waals surface area contributed by atoms with Gasteiger partial charge in [0.2, 0.25) is 5.78 Å². The third-order valence-electron chi connectivity index (χ3n) is 4.20. The van der Waals surface area contributed by atoms with Crippen LogP contribution in [0, 0.1) is 11.6 Å². The van der Waals surface area contributed by atoms with Crippen LogP contribution in [0.25, 0.3) is 0 Å². The summed E-state index contributed by atoms with van der Waals surface area (Å²) in [6, 6.07) is 6.24. The van der Waals surface area contributed by atoms with Crippen molar-refractivity contribution in [2.75, 3.05) is 24.6 Å². The molecule has 0 fully saturated rings. The molecule has 3 aromatic rings. The van der Waals surface area contributed by atoms with Crippen molar-refractivity contribution in [3.63, 3.8) is 0 Å². The van der Waals surface area contributed by atoms with Crippen molar-refractivity contribution in [3.8, 4) is 0 Å². The fraction of sp³-hybridized carbons (Fsp3) is 0.200. The van der Waals surface area contributed by atoms with Gasteiger partial charge in [0.25, 0.3) is 5.91 Å². The first-order valence-electron chi connectivity index (χ1n) is 9.23. The van der Waals surface area contributed by atoms with Crippen molar-refractivity contribution in [1.82, 2.24) is 20.6 Å². The SMILES string of the molecule is CNC[C@@H](C)NC(=O)c1ccc(Nc2nc(N)c(C(=O)c3c(F)cccc3F)s2)nc1. The Labute approximate surface area is 180 Å². The predicted molar refractivity (Wildman–Crippen MR) is 115 cm³/mol. The largest absolute Gasteiger partial charge is 0.382 e. The van der Waals surface area contributed by atoms with Gasteiger partial charge in [-0.05, 0) is 38.2 Å². The number of likely N-dealkylation sites (N-methyl/N-ethyl adjacent to an activating group) is 1. The quantitative estimate of drug-likeness (QED) is 0.393. The van der Waals surface area contributed by atoms with Crippen LogP contribution < -0.4 is 21.7 Å². The van der Waals surface area contributed by atoms with E-state index in [0.717, 1.165) is 23.5 Å². The van der Waals surface area contributed by atoms with Gasteiger partial charge in [0, 0.05) is 18.8 Å². The molecule has 2 aromatic heterocycles. The van der Waals surface area contributed by atoms with Crippen LogP contribution >= 0.6 is 11.3 Å². The molecule has 5 N–H and O–H groups in total. The van der Waals surface area contributed by atoms with Crippen molar-refractivity contribution in [1.29, 1.82) is 0 Å². The Hall–Kier alpha value is -3.44. The van der Waals surface area contributed by atoms with Gasteiger partial charge in [-0.1, -0.05) is 17.4 Å². The van der Waals surface area contributed by atoms with Crippen molar-refractivity contribution in [2.24, 2.45) is 0 Å². The number of aromatic nitrogens is 2. The normalized spacial score (nSPS) is 11.7.